The minimum absolute atomic E-state index is 0.241. The van der Waals surface area contributed by atoms with Crippen molar-refractivity contribution >= 4 is 31.6 Å². The zero-order valence-corrected chi connectivity index (χ0v) is 14.8. The summed E-state index contributed by atoms with van der Waals surface area (Å²) in [6.45, 7) is 1.59. The first kappa shape index (κ1) is 16.4. The van der Waals surface area contributed by atoms with Gasteiger partial charge in [-0.05, 0) is 35.7 Å². The third-order valence-electron chi connectivity index (χ3n) is 3.87. The number of aromatic nitrogens is 2. The van der Waals surface area contributed by atoms with Crippen LogP contribution in [0.2, 0.25) is 0 Å². The van der Waals surface area contributed by atoms with Gasteiger partial charge in [-0.25, -0.2) is 18.4 Å². The Morgan fingerprint density at radius 3 is 2.60 bits per heavy atom. The van der Waals surface area contributed by atoms with Gasteiger partial charge in [-0.2, -0.15) is 4.31 Å². The van der Waals surface area contributed by atoms with Crippen LogP contribution in [0.25, 0.3) is 10.2 Å². The molecule has 1 saturated heterocycles. The van der Waals surface area contributed by atoms with E-state index in [1.165, 1.54) is 22.0 Å². The lowest BCUT2D eigenvalue weighted by molar-refractivity contribution is 0.0730. The Hall–Kier alpha value is -2.07. The van der Waals surface area contributed by atoms with Crippen LogP contribution in [0.4, 0.5) is 0 Å². The molecule has 25 heavy (non-hydrogen) atoms. The van der Waals surface area contributed by atoms with E-state index in [1.807, 2.05) is 11.4 Å². The fraction of sp³-hybridized carbons (Fsp3) is 0.250. The standard InChI is InChI=1S/C16H15N3O4S2/c20-25(21,19-6-8-22-9-7-19)13-3-1-12(2-4-13)23-15-14-5-10-24-16(14)18-11-17-15/h1-5,10-11H,6-9H2. The molecule has 1 aliphatic heterocycles. The summed E-state index contributed by atoms with van der Waals surface area (Å²) >= 11 is 1.51. The van der Waals surface area contributed by atoms with Crippen molar-refractivity contribution in [2.45, 2.75) is 4.90 Å². The lowest BCUT2D eigenvalue weighted by Gasteiger charge is -2.26. The van der Waals surface area contributed by atoms with Gasteiger partial charge in [0.15, 0.2) is 0 Å². The van der Waals surface area contributed by atoms with Gasteiger partial charge in [-0.15, -0.1) is 11.3 Å². The molecular weight excluding hydrogens is 362 g/mol. The molecule has 0 aliphatic carbocycles. The van der Waals surface area contributed by atoms with Gasteiger partial charge in [0, 0.05) is 13.1 Å². The van der Waals surface area contributed by atoms with Crippen molar-refractivity contribution in [2.75, 3.05) is 26.3 Å². The highest BCUT2D eigenvalue weighted by Crippen LogP contribution is 2.30. The molecule has 0 amide bonds. The molecule has 9 heteroatoms. The first-order chi connectivity index (χ1) is 12.1. The van der Waals surface area contributed by atoms with E-state index in [4.69, 9.17) is 9.47 Å². The number of rotatable bonds is 4. The van der Waals surface area contributed by atoms with Crippen LogP contribution in [0, 0.1) is 0 Å². The third kappa shape index (κ3) is 3.23. The zero-order chi connectivity index (χ0) is 17.3. The van der Waals surface area contributed by atoms with E-state index in [0.29, 0.717) is 37.9 Å². The molecule has 0 unspecified atom stereocenters. The van der Waals surface area contributed by atoms with Crippen LogP contribution in [0.1, 0.15) is 0 Å². The highest BCUT2D eigenvalue weighted by Gasteiger charge is 2.26. The average molecular weight is 377 g/mol. The highest BCUT2D eigenvalue weighted by molar-refractivity contribution is 7.89. The number of hydrogen-bond acceptors (Lipinski definition) is 7. The second-order valence-corrected chi connectivity index (χ2v) is 8.24. The molecule has 1 aromatic carbocycles. The number of morpholine rings is 1. The van der Waals surface area contributed by atoms with Crippen molar-refractivity contribution in [2.24, 2.45) is 0 Å². The quantitative estimate of drug-likeness (QED) is 0.695. The van der Waals surface area contributed by atoms with Crippen molar-refractivity contribution in [1.82, 2.24) is 14.3 Å². The van der Waals surface area contributed by atoms with Crippen molar-refractivity contribution in [3.8, 4) is 11.6 Å². The normalized spacial score (nSPS) is 16.2. The molecule has 0 atom stereocenters. The molecule has 0 radical (unpaired) electrons. The van der Waals surface area contributed by atoms with Gasteiger partial charge in [-0.1, -0.05) is 0 Å². The minimum atomic E-state index is -3.50. The Balaban J connectivity index is 1.57. The molecular formula is C16H15N3O4S2. The summed E-state index contributed by atoms with van der Waals surface area (Å²) in [6.07, 6.45) is 1.45. The van der Waals surface area contributed by atoms with Gasteiger partial charge in [0.1, 0.15) is 16.9 Å². The summed E-state index contributed by atoms with van der Waals surface area (Å²) < 4.78 is 37.6. The Kier molecular flexibility index (Phi) is 4.38. The molecule has 2 aromatic heterocycles. The fourth-order valence-corrected chi connectivity index (χ4v) is 4.71. The summed E-state index contributed by atoms with van der Waals surface area (Å²) in [4.78, 5) is 9.41. The van der Waals surface area contributed by atoms with Crippen LogP contribution < -0.4 is 4.74 Å². The van der Waals surface area contributed by atoms with Crippen molar-refractivity contribution in [3.05, 3.63) is 42.0 Å². The molecule has 7 nitrogen and oxygen atoms in total. The SMILES string of the molecule is O=S(=O)(c1ccc(Oc2ncnc3sccc23)cc1)N1CCOCC1. The van der Waals surface area contributed by atoms with Crippen LogP contribution in [-0.2, 0) is 14.8 Å². The maximum absolute atomic E-state index is 12.6. The predicted molar refractivity (Wildman–Crippen MR) is 93.5 cm³/mol. The van der Waals surface area contributed by atoms with Gasteiger partial charge >= 0.3 is 0 Å². The first-order valence-electron chi connectivity index (χ1n) is 7.68. The molecule has 3 aromatic rings. The summed E-state index contributed by atoms with van der Waals surface area (Å²) in [6, 6.07) is 8.26. The van der Waals surface area contributed by atoms with Gasteiger partial charge in [-0.3, -0.25) is 0 Å². The van der Waals surface area contributed by atoms with Crippen LogP contribution in [0.5, 0.6) is 11.6 Å². The van der Waals surface area contributed by atoms with Crippen molar-refractivity contribution in [1.29, 1.82) is 0 Å². The number of nitrogens with zero attached hydrogens (tertiary/aromatic N) is 3. The van der Waals surface area contributed by atoms with Gasteiger partial charge in [0.2, 0.25) is 15.9 Å². The molecule has 4 rings (SSSR count). The maximum Gasteiger partial charge on any atom is 0.243 e. The summed E-state index contributed by atoms with van der Waals surface area (Å²) in [5, 5.41) is 2.75. The van der Waals surface area contributed by atoms with E-state index >= 15 is 0 Å². The molecule has 0 bridgehead atoms. The van der Waals surface area contributed by atoms with Crippen LogP contribution >= 0.6 is 11.3 Å². The van der Waals surface area contributed by atoms with E-state index in [1.54, 1.807) is 24.3 Å². The molecule has 1 aliphatic rings. The number of benzene rings is 1. The molecule has 1 fully saturated rings. The maximum atomic E-state index is 12.6. The smallest absolute Gasteiger partial charge is 0.243 e. The molecule has 0 N–H and O–H groups in total. The van der Waals surface area contributed by atoms with Crippen molar-refractivity contribution < 1.29 is 17.9 Å². The number of thiophene rings is 1. The second kappa shape index (κ2) is 6.68. The van der Waals surface area contributed by atoms with E-state index in [9.17, 15) is 8.42 Å². The minimum Gasteiger partial charge on any atom is -0.438 e. The lowest BCUT2D eigenvalue weighted by Crippen LogP contribution is -2.40. The summed E-state index contributed by atoms with van der Waals surface area (Å²) in [5.41, 5.74) is 0. The van der Waals surface area contributed by atoms with Crippen LogP contribution in [0.3, 0.4) is 0 Å². The Labute approximate surface area is 148 Å². The third-order valence-corrected chi connectivity index (χ3v) is 6.60. The second-order valence-electron chi connectivity index (χ2n) is 5.41. The number of ether oxygens (including phenoxy) is 2. The van der Waals surface area contributed by atoms with Crippen LogP contribution in [-0.4, -0.2) is 49.0 Å². The van der Waals surface area contributed by atoms with Crippen molar-refractivity contribution in [3.63, 3.8) is 0 Å². The highest BCUT2D eigenvalue weighted by atomic mass is 32.2. The van der Waals surface area contributed by atoms with E-state index in [2.05, 4.69) is 9.97 Å². The Bertz CT molecular complexity index is 980. The number of sulfonamides is 1. The van der Waals surface area contributed by atoms with E-state index in [-0.39, 0.29) is 4.90 Å². The Morgan fingerprint density at radius 1 is 1.08 bits per heavy atom. The Morgan fingerprint density at radius 2 is 1.84 bits per heavy atom. The number of hydrogen-bond donors (Lipinski definition) is 0. The predicted octanol–water partition coefficient (Wildman–Crippen LogP) is 2.50. The molecule has 130 valence electrons. The first-order valence-corrected chi connectivity index (χ1v) is 10.0. The van der Waals surface area contributed by atoms with E-state index in [0.717, 1.165) is 10.2 Å². The van der Waals surface area contributed by atoms with Gasteiger partial charge in [0.05, 0.1) is 23.5 Å². The monoisotopic (exact) mass is 377 g/mol. The molecule has 0 spiro atoms. The largest absolute Gasteiger partial charge is 0.438 e. The zero-order valence-electron chi connectivity index (χ0n) is 13.2. The average Bonchev–Trinajstić information content (AvgIpc) is 3.13. The van der Waals surface area contributed by atoms with Gasteiger partial charge in [0.25, 0.3) is 0 Å². The lowest BCUT2D eigenvalue weighted by atomic mass is 10.3. The van der Waals surface area contributed by atoms with Gasteiger partial charge < -0.3 is 9.47 Å². The van der Waals surface area contributed by atoms with E-state index < -0.39 is 10.0 Å². The fourth-order valence-electron chi connectivity index (χ4n) is 2.58. The summed E-state index contributed by atoms with van der Waals surface area (Å²) in [7, 11) is -3.50. The number of fused-ring (bicyclic) bond motifs is 1. The molecule has 0 saturated carbocycles. The molecule has 3 heterocycles. The topological polar surface area (TPSA) is 81.6 Å². The summed E-state index contributed by atoms with van der Waals surface area (Å²) in [5.74, 6) is 0.974. The van der Waals surface area contributed by atoms with Crippen LogP contribution in [0.15, 0.2) is 46.9 Å².